The Labute approximate surface area is 181 Å². The van der Waals surface area contributed by atoms with Crippen molar-refractivity contribution in [2.24, 2.45) is 0 Å². The Morgan fingerprint density at radius 3 is 2.65 bits per heavy atom. The maximum atomic E-state index is 14.1. The summed E-state index contributed by atoms with van der Waals surface area (Å²) in [5.74, 6) is -0.778. The van der Waals surface area contributed by atoms with Crippen LogP contribution in [0.2, 0.25) is 0 Å². The minimum Gasteiger partial charge on any atom is -0.492 e. The number of nitro benzene ring substituents is 1. The fourth-order valence-corrected chi connectivity index (χ4v) is 3.66. The van der Waals surface area contributed by atoms with Gasteiger partial charge < -0.3 is 10.1 Å². The van der Waals surface area contributed by atoms with Crippen LogP contribution in [-0.2, 0) is 0 Å². The molecule has 0 saturated heterocycles. The van der Waals surface area contributed by atoms with Crippen molar-refractivity contribution in [1.29, 1.82) is 5.26 Å². The molecule has 0 aromatic heterocycles. The monoisotopic (exact) mass is 437 g/mol. The summed E-state index contributed by atoms with van der Waals surface area (Å²) in [5, 5.41) is 23.0. The van der Waals surface area contributed by atoms with Crippen LogP contribution in [0.3, 0.4) is 0 Å². The summed E-state index contributed by atoms with van der Waals surface area (Å²) in [4.78, 5) is 24.3. The first-order valence-corrected chi connectivity index (χ1v) is 9.93. The average Bonchev–Trinajstić information content (AvgIpc) is 2.76. The second-order valence-electron chi connectivity index (χ2n) is 6.18. The molecule has 0 aliphatic carbocycles. The second kappa shape index (κ2) is 9.73. The van der Waals surface area contributed by atoms with Gasteiger partial charge in [-0.3, -0.25) is 14.9 Å². The second-order valence-corrected chi connectivity index (χ2v) is 7.26. The smallest absolute Gasteiger partial charge is 0.270 e. The molecule has 3 aromatic carbocycles. The number of nitro groups is 1. The molecule has 7 nitrogen and oxygen atoms in total. The number of carbonyl (C=O) groups excluding carboxylic acids is 1. The van der Waals surface area contributed by atoms with E-state index in [1.165, 1.54) is 24.3 Å². The van der Waals surface area contributed by atoms with Crippen molar-refractivity contribution >= 4 is 29.0 Å². The third kappa shape index (κ3) is 5.18. The Morgan fingerprint density at radius 1 is 1.19 bits per heavy atom. The van der Waals surface area contributed by atoms with Gasteiger partial charge in [0.1, 0.15) is 11.6 Å². The number of anilines is 1. The number of benzene rings is 3. The minimum absolute atomic E-state index is 0.00716. The van der Waals surface area contributed by atoms with Crippen LogP contribution in [-0.4, -0.2) is 17.4 Å². The molecule has 31 heavy (non-hydrogen) atoms. The molecule has 156 valence electrons. The van der Waals surface area contributed by atoms with E-state index in [1.807, 2.05) is 6.07 Å². The van der Waals surface area contributed by atoms with Gasteiger partial charge in [-0.2, -0.15) is 5.26 Å². The highest BCUT2D eigenvalue weighted by atomic mass is 32.2. The number of non-ortho nitro benzene ring substituents is 1. The van der Waals surface area contributed by atoms with Crippen molar-refractivity contribution in [3.63, 3.8) is 0 Å². The number of halogens is 1. The number of carbonyl (C=O) groups is 1. The first-order valence-electron chi connectivity index (χ1n) is 9.12. The lowest BCUT2D eigenvalue weighted by Crippen LogP contribution is -2.14. The van der Waals surface area contributed by atoms with Gasteiger partial charge in [-0.25, -0.2) is 4.39 Å². The summed E-state index contributed by atoms with van der Waals surface area (Å²) >= 11 is 0.980. The summed E-state index contributed by atoms with van der Waals surface area (Å²) in [6, 6.07) is 16.3. The van der Waals surface area contributed by atoms with Crippen LogP contribution >= 0.6 is 11.8 Å². The molecule has 0 heterocycles. The lowest BCUT2D eigenvalue weighted by molar-refractivity contribution is -0.384. The molecule has 0 aliphatic heterocycles. The number of nitrogens with zero attached hydrogens (tertiary/aromatic N) is 2. The van der Waals surface area contributed by atoms with Gasteiger partial charge in [0.2, 0.25) is 0 Å². The van der Waals surface area contributed by atoms with E-state index < -0.39 is 16.6 Å². The topological polar surface area (TPSA) is 105 Å². The molecule has 0 spiro atoms. The number of hydrogen-bond donors (Lipinski definition) is 1. The van der Waals surface area contributed by atoms with Crippen LogP contribution in [0.15, 0.2) is 70.5 Å². The van der Waals surface area contributed by atoms with Crippen molar-refractivity contribution < 1.29 is 18.8 Å². The van der Waals surface area contributed by atoms with E-state index in [1.54, 1.807) is 37.3 Å². The van der Waals surface area contributed by atoms with Crippen molar-refractivity contribution in [2.45, 2.75) is 16.7 Å². The van der Waals surface area contributed by atoms with Gasteiger partial charge in [-0.1, -0.05) is 23.9 Å². The summed E-state index contributed by atoms with van der Waals surface area (Å²) in [6.45, 7) is 2.10. The molecule has 0 bridgehead atoms. The van der Waals surface area contributed by atoms with Gasteiger partial charge >= 0.3 is 0 Å². The molecule has 0 fully saturated rings. The number of hydrogen-bond acceptors (Lipinski definition) is 6. The molecule has 1 amide bonds. The molecule has 1 N–H and O–H groups in total. The van der Waals surface area contributed by atoms with Crippen LogP contribution in [0.25, 0.3) is 0 Å². The van der Waals surface area contributed by atoms with E-state index in [0.29, 0.717) is 22.8 Å². The number of nitriles is 1. The average molecular weight is 437 g/mol. The molecule has 0 atom stereocenters. The van der Waals surface area contributed by atoms with Gasteiger partial charge in [-0.05, 0) is 43.3 Å². The van der Waals surface area contributed by atoms with Gasteiger partial charge in [0.15, 0.2) is 0 Å². The first-order chi connectivity index (χ1) is 14.9. The van der Waals surface area contributed by atoms with Gasteiger partial charge in [0.25, 0.3) is 11.6 Å². The van der Waals surface area contributed by atoms with Crippen molar-refractivity contribution in [2.75, 3.05) is 11.9 Å². The quantitative estimate of drug-likeness (QED) is 0.391. The zero-order chi connectivity index (χ0) is 22.4. The Hall–Kier alpha value is -3.90. The van der Waals surface area contributed by atoms with Crippen molar-refractivity contribution in [3.8, 4) is 11.8 Å². The molecular weight excluding hydrogens is 421 g/mol. The van der Waals surface area contributed by atoms with E-state index in [0.717, 1.165) is 17.8 Å². The van der Waals surface area contributed by atoms with E-state index in [4.69, 9.17) is 10.00 Å². The third-order valence-corrected chi connectivity index (χ3v) is 5.26. The maximum absolute atomic E-state index is 14.1. The Morgan fingerprint density at radius 2 is 1.97 bits per heavy atom. The molecule has 0 aliphatic rings. The fraction of sp³-hybridized carbons (Fsp3) is 0.0909. The van der Waals surface area contributed by atoms with Gasteiger partial charge in [0, 0.05) is 21.9 Å². The van der Waals surface area contributed by atoms with Crippen molar-refractivity contribution in [3.05, 3.63) is 87.7 Å². The molecule has 3 rings (SSSR count). The highest BCUT2D eigenvalue weighted by Crippen LogP contribution is 2.35. The third-order valence-electron chi connectivity index (χ3n) is 4.13. The maximum Gasteiger partial charge on any atom is 0.270 e. The van der Waals surface area contributed by atoms with E-state index in [2.05, 4.69) is 5.32 Å². The zero-order valence-corrected chi connectivity index (χ0v) is 17.1. The lowest BCUT2D eigenvalue weighted by Gasteiger charge is -2.14. The van der Waals surface area contributed by atoms with E-state index >= 15 is 0 Å². The summed E-state index contributed by atoms with van der Waals surface area (Å²) in [7, 11) is 0. The lowest BCUT2D eigenvalue weighted by atomic mass is 10.1. The van der Waals surface area contributed by atoms with Gasteiger partial charge in [-0.15, -0.1) is 0 Å². The predicted molar refractivity (Wildman–Crippen MR) is 114 cm³/mol. The van der Waals surface area contributed by atoms with E-state index in [9.17, 15) is 19.3 Å². The van der Waals surface area contributed by atoms with Crippen molar-refractivity contribution in [1.82, 2.24) is 0 Å². The van der Waals surface area contributed by atoms with Crippen LogP contribution in [0.4, 0.5) is 15.8 Å². The number of amides is 1. The summed E-state index contributed by atoms with van der Waals surface area (Å²) < 4.78 is 19.6. The molecular formula is C22H16FN3O4S. The van der Waals surface area contributed by atoms with Gasteiger partial charge in [0.05, 0.1) is 34.4 Å². The molecule has 0 unspecified atom stereocenters. The Kier molecular flexibility index (Phi) is 6.85. The van der Waals surface area contributed by atoms with Crippen LogP contribution in [0.1, 0.15) is 22.8 Å². The van der Waals surface area contributed by atoms with E-state index in [-0.39, 0.29) is 21.8 Å². The molecule has 0 saturated carbocycles. The highest BCUT2D eigenvalue weighted by Gasteiger charge is 2.20. The van der Waals surface area contributed by atoms with Crippen LogP contribution < -0.4 is 10.1 Å². The Bertz CT molecular complexity index is 1190. The number of ether oxygens (including phenoxy) is 1. The standard InChI is InChI=1S/C22H16FN3O4S/c1-2-30-19-9-7-14(13-24)11-18(19)25-22(27)16-12-15(26(28)29)8-10-20(16)31-21-6-4-3-5-17(21)23/h3-12H,2H2,1H3,(H,25,27). The van der Waals surface area contributed by atoms with Crippen LogP contribution in [0, 0.1) is 27.3 Å². The fourth-order valence-electron chi connectivity index (χ4n) is 2.71. The molecule has 9 heteroatoms. The number of nitrogens with one attached hydrogen (secondary N) is 1. The highest BCUT2D eigenvalue weighted by molar-refractivity contribution is 7.99. The Balaban J connectivity index is 2.01. The summed E-state index contributed by atoms with van der Waals surface area (Å²) in [5.41, 5.74) is 0.268. The number of rotatable bonds is 7. The molecule has 0 radical (unpaired) electrons. The predicted octanol–water partition coefficient (Wildman–Crippen LogP) is 5.41. The van der Waals surface area contributed by atoms with Crippen LogP contribution in [0.5, 0.6) is 5.75 Å². The first kappa shape index (κ1) is 21.8. The summed E-state index contributed by atoms with van der Waals surface area (Å²) in [6.07, 6.45) is 0. The SMILES string of the molecule is CCOc1ccc(C#N)cc1NC(=O)c1cc([N+](=O)[O-])ccc1Sc1ccccc1F. The zero-order valence-electron chi connectivity index (χ0n) is 16.3. The molecule has 3 aromatic rings. The largest absolute Gasteiger partial charge is 0.492 e. The normalized spacial score (nSPS) is 10.2. The minimum atomic E-state index is -0.654.